The van der Waals surface area contributed by atoms with Crippen LogP contribution in [0.4, 0.5) is 5.69 Å². The van der Waals surface area contributed by atoms with Gasteiger partial charge in [-0.05, 0) is 43.5 Å². The second-order valence-electron chi connectivity index (χ2n) is 4.92. The van der Waals surface area contributed by atoms with Gasteiger partial charge in [0, 0.05) is 28.9 Å². The molecule has 1 aromatic carbocycles. The Labute approximate surface area is 118 Å². The number of carbonyl (C=O) groups is 1. The molecule has 1 saturated carbocycles. The largest absolute Gasteiger partial charge is 0.396 e. The number of carbonyl (C=O) groups excluding carboxylic acids is 1. The first-order valence-electron chi connectivity index (χ1n) is 6.95. The number of hydrogen-bond donors (Lipinski definition) is 2. The van der Waals surface area contributed by atoms with Crippen molar-refractivity contribution in [2.24, 2.45) is 0 Å². The summed E-state index contributed by atoms with van der Waals surface area (Å²) in [6, 6.07) is 8.05. The van der Waals surface area contributed by atoms with Gasteiger partial charge >= 0.3 is 0 Å². The molecule has 4 heteroatoms. The molecule has 1 aliphatic rings. The summed E-state index contributed by atoms with van der Waals surface area (Å²) in [6.45, 7) is 0.0599. The topological polar surface area (TPSA) is 49.3 Å². The van der Waals surface area contributed by atoms with E-state index < -0.39 is 0 Å². The van der Waals surface area contributed by atoms with Crippen LogP contribution in [-0.2, 0) is 4.79 Å². The van der Waals surface area contributed by atoms with E-state index >= 15 is 0 Å². The van der Waals surface area contributed by atoms with Crippen molar-refractivity contribution in [3.05, 3.63) is 24.3 Å². The predicted molar refractivity (Wildman–Crippen MR) is 79.5 cm³/mol. The fourth-order valence-corrected chi connectivity index (χ4v) is 3.53. The van der Waals surface area contributed by atoms with Crippen molar-refractivity contribution >= 4 is 23.4 Å². The molecule has 2 N–H and O–H groups in total. The van der Waals surface area contributed by atoms with Gasteiger partial charge in [-0.1, -0.05) is 12.8 Å². The van der Waals surface area contributed by atoms with Crippen LogP contribution in [0.5, 0.6) is 0 Å². The lowest BCUT2D eigenvalue weighted by Crippen LogP contribution is -2.11. The number of aliphatic hydroxyl groups excluding tert-OH is 1. The van der Waals surface area contributed by atoms with E-state index in [-0.39, 0.29) is 12.5 Å². The number of nitrogens with one attached hydrogen (secondary N) is 1. The molecule has 0 unspecified atom stereocenters. The zero-order valence-electron chi connectivity index (χ0n) is 11.1. The van der Waals surface area contributed by atoms with Crippen molar-refractivity contribution in [3.63, 3.8) is 0 Å². The van der Waals surface area contributed by atoms with E-state index in [9.17, 15) is 4.79 Å². The second kappa shape index (κ2) is 7.56. The molecule has 19 heavy (non-hydrogen) atoms. The van der Waals surface area contributed by atoms with Crippen LogP contribution < -0.4 is 5.32 Å². The summed E-state index contributed by atoms with van der Waals surface area (Å²) in [7, 11) is 0. The molecule has 1 amide bonds. The van der Waals surface area contributed by atoms with Gasteiger partial charge < -0.3 is 10.4 Å². The number of amides is 1. The van der Waals surface area contributed by atoms with Crippen LogP contribution in [0.2, 0.25) is 0 Å². The van der Waals surface area contributed by atoms with Crippen molar-refractivity contribution in [2.75, 3.05) is 11.9 Å². The molecule has 1 fully saturated rings. The molecule has 0 aromatic heterocycles. The normalized spacial score (nSPS) is 15.6. The fourth-order valence-electron chi connectivity index (χ4n) is 2.28. The Morgan fingerprint density at radius 2 is 1.95 bits per heavy atom. The minimum absolute atomic E-state index is 0.0368. The summed E-state index contributed by atoms with van der Waals surface area (Å²) in [6.07, 6.45) is 6.25. The zero-order valence-corrected chi connectivity index (χ0v) is 11.9. The maximum absolute atomic E-state index is 11.5. The van der Waals surface area contributed by atoms with Crippen molar-refractivity contribution in [2.45, 2.75) is 48.7 Å². The first-order chi connectivity index (χ1) is 9.28. The van der Waals surface area contributed by atoms with Gasteiger partial charge in [0.05, 0.1) is 0 Å². The molecule has 0 saturated heterocycles. The summed E-state index contributed by atoms with van der Waals surface area (Å²) in [5, 5.41) is 12.3. The molecular weight excluding hydrogens is 258 g/mol. The first-order valence-corrected chi connectivity index (χ1v) is 7.83. The number of benzene rings is 1. The van der Waals surface area contributed by atoms with Crippen LogP contribution in [0.15, 0.2) is 29.2 Å². The van der Waals surface area contributed by atoms with E-state index in [0.29, 0.717) is 12.8 Å². The first kappa shape index (κ1) is 14.4. The monoisotopic (exact) mass is 279 g/mol. The van der Waals surface area contributed by atoms with E-state index in [2.05, 4.69) is 17.4 Å². The van der Waals surface area contributed by atoms with Crippen LogP contribution in [0.3, 0.4) is 0 Å². The highest BCUT2D eigenvalue weighted by molar-refractivity contribution is 8.00. The third-order valence-corrected chi connectivity index (χ3v) is 4.65. The SMILES string of the molecule is O=C(CCCO)Nc1ccc(SC2CCCC2)cc1. The predicted octanol–water partition coefficient (Wildman–Crippen LogP) is 3.43. The van der Waals surface area contributed by atoms with Crippen LogP contribution in [0, 0.1) is 0 Å². The highest BCUT2D eigenvalue weighted by Crippen LogP contribution is 2.34. The average Bonchev–Trinajstić information content (AvgIpc) is 2.91. The molecule has 0 spiro atoms. The van der Waals surface area contributed by atoms with Gasteiger partial charge in [-0.2, -0.15) is 0 Å². The Hall–Kier alpha value is -1.00. The van der Waals surface area contributed by atoms with Crippen molar-refractivity contribution in [3.8, 4) is 0 Å². The lowest BCUT2D eigenvalue weighted by Gasteiger charge is -2.09. The Bertz CT molecular complexity index is 399. The molecule has 0 atom stereocenters. The number of rotatable bonds is 6. The quantitative estimate of drug-likeness (QED) is 0.838. The Morgan fingerprint density at radius 1 is 1.26 bits per heavy atom. The highest BCUT2D eigenvalue weighted by Gasteiger charge is 2.15. The molecule has 1 aliphatic carbocycles. The van der Waals surface area contributed by atoms with Gasteiger partial charge in [-0.25, -0.2) is 0 Å². The third-order valence-electron chi connectivity index (χ3n) is 3.30. The van der Waals surface area contributed by atoms with Crippen LogP contribution in [0.1, 0.15) is 38.5 Å². The summed E-state index contributed by atoms with van der Waals surface area (Å²) in [5.41, 5.74) is 0.832. The van der Waals surface area contributed by atoms with Crippen molar-refractivity contribution in [1.29, 1.82) is 0 Å². The molecule has 1 aromatic rings. The van der Waals surface area contributed by atoms with E-state index in [1.54, 1.807) is 0 Å². The van der Waals surface area contributed by atoms with Crippen LogP contribution in [-0.4, -0.2) is 22.9 Å². The molecule has 0 aliphatic heterocycles. The molecule has 2 rings (SSSR count). The number of anilines is 1. The Kier molecular flexibility index (Phi) is 5.73. The number of hydrogen-bond acceptors (Lipinski definition) is 3. The van der Waals surface area contributed by atoms with Gasteiger partial charge in [-0.15, -0.1) is 11.8 Å². The molecule has 0 heterocycles. The Balaban J connectivity index is 1.82. The summed E-state index contributed by atoms with van der Waals surface area (Å²) in [5.74, 6) is -0.0368. The smallest absolute Gasteiger partial charge is 0.224 e. The summed E-state index contributed by atoms with van der Waals surface area (Å²) in [4.78, 5) is 12.8. The highest BCUT2D eigenvalue weighted by atomic mass is 32.2. The summed E-state index contributed by atoms with van der Waals surface area (Å²) < 4.78 is 0. The minimum atomic E-state index is -0.0368. The lowest BCUT2D eigenvalue weighted by atomic mass is 10.3. The summed E-state index contributed by atoms with van der Waals surface area (Å²) >= 11 is 1.95. The minimum Gasteiger partial charge on any atom is -0.396 e. The molecule has 3 nitrogen and oxygen atoms in total. The van der Waals surface area contributed by atoms with E-state index in [1.807, 2.05) is 23.9 Å². The van der Waals surface area contributed by atoms with Crippen LogP contribution in [0.25, 0.3) is 0 Å². The standard InChI is InChI=1S/C15H21NO2S/c17-11-3-6-15(18)16-12-7-9-14(10-8-12)19-13-4-1-2-5-13/h7-10,13,17H,1-6,11H2,(H,16,18). The average molecular weight is 279 g/mol. The number of thioether (sulfide) groups is 1. The van der Waals surface area contributed by atoms with E-state index in [0.717, 1.165) is 10.9 Å². The van der Waals surface area contributed by atoms with Crippen molar-refractivity contribution < 1.29 is 9.90 Å². The van der Waals surface area contributed by atoms with Crippen molar-refractivity contribution in [1.82, 2.24) is 0 Å². The third kappa shape index (κ3) is 4.88. The van der Waals surface area contributed by atoms with E-state index in [4.69, 9.17) is 5.11 Å². The van der Waals surface area contributed by atoms with Gasteiger partial charge in [0.15, 0.2) is 0 Å². The Morgan fingerprint density at radius 3 is 2.58 bits per heavy atom. The molecule has 104 valence electrons. The second-order valence-corrected chi connectivity index (χ2v) is 6.30. The van der Waals surface area contributed by atoms with Gasteiger partial charge in [-0.3, -0.25) is 4.79 Å². The fraction of sp³-hybridized carbons (Fsp3) is 0.533. The van der Waals surface area contributed by atoms with Gasteiger partial charge in [0.25, 0.3) is 0 Å². The van der Waals surface area contributed by atoms with Gasteiger partial charge in [0.1, 0.15) is 0 Å². The molecular formula is C15H21NO2S. The maximum atomic E-state index is 11.5. The molecule has 0 radical (unpaired) electrons. The van der Waals surface area contributed by atoms with Crippen LogP contribution >= 0.6 is 11.8 Å². The number of aliphatic hydroxyl groups is 1. The van der Waals surface area contributed by atoms with Gasteiger partial charge in [0.2, 0.25) is 5.91 Å². The lowest BCUT2D eigenvalue weighted by molar-refractivity contribution is -0.116. The zero-order chi connectivity index (χ0) is 13.5. The van der Waals surface area contributed by atoms with E-state index in [1.165, 1.54) is 30.6 Å². The maximum Gasteiger partial charge on any atom is 0.224 e. The molecule has 0 bridgehead atoms.